The average Bonchev–Trinajstić information content (AvgIpc) is 2.29. The smallest absolute Gasteiger partial charge is 0.159 e. The number of aryl methyl sites for hydroxylation is 1. The van der Waals surface area contributed by atoms with Crippen molar-refractivity contribution in [2.24, 2.45) is 0 Å². The molecule has 4 heteroatoms. The Kier molecular flexibility index (Phi) is 2.52. The summed E-state index contributed by atoms with van der Waals surface area (Å²) in [6, 6.07) is 9.07. The van der Waals surface area contributed by atoms with Crippen LogP contribution in [0.2, 0.25) is 0 Å². The van der Waals surface area contributed by atoms with Crippen LogP contribution in [0, 0.1) is 18.3 Å². The van der Waals surface area contributed by atoms with Gasteiger partial charge in [-0.05, 0) is 31.2 Å². The number of hydrogen-bond donors (Lipinski definition) is 1. The molecule has 0 saturated heterocycles. The van der Waals surface area contributed by atoms with Crippen molar-refractivity contribution in [3.63, 3.8) is 0 Å². The van der Waals surface area contributed by atoms with Gasteiger partial charge >= 0.3 is 0 Å². The highest BCUT2D eigenvalue weighted by molar-refractivity contribution is 5.65. The Morgan fingerprint density at radius 1 is 1.31 bits per heavy atom. The highest BCUT2D eigenvalue weighted by Crippen LogP contribution is 2.20. The first-order valence-electron chi connectivity index (χ1n) is 4.80. The highest BCUT2D eigenvalue weighted by Gasteiger charge is 2.04. The van der Waals surface area contributed by atoms with E-state index in [0.29, 0.717) is 17.1 Å². The van der Waals surface area contributed by atoms with Crippen LogP contribution in [0.5, 0.6) is 0 Å². The molecule has 0 aliphatic heterocycles. The second-order valence-electron chi connectivity index (χ2n) is 3.44. The normalized spacial score (nSPS) is 9.75. The Morgan fingerprint density at radius 3 is 2.81 bits per heavy atom. The van der Waals surface area contributed by atoms with Gasteiger partial charge in [-0.15, -0.1) is 0 Å². The van der Waals surface area contributed by atoms with Gasteiger partial charge in [0.25, 0.3) is 0 Å². The van der Waals surface area contributed by atoms with Crippen LogP contribution in [0.3, 0.4) is 0 Å². The molecule has 2 rings (SSSR count). The van der Waals surface area contributed by atoms with Gasteiger partial charge in [-0.3, -0.25) is 0 Å². The van der Waals surface area contributed by atoms with Crippen molar-refractivity contribution < 1.29 is 0 Å². The standard InChI is InChI=1S/C12H10N4/c1-8-4-5-15-12(16-8)9-2-3-11(14)10(6-9)7-13/h2-6H,14H2,1H3. The van der Waals surface area contributed by atoms with E-state index in [-0.39, 0.29) is 0 Å². The minimum atomic E-state index is 0.447. The molecule has 1 aromatic carbocycles. The maximum absolute atomic E-state index is 8.87. The molecule has 78 valence electrons. The van der Waals surface area contributed by atoms with Crippen LogP contribution in [0.1, 0.15) is 11.3 Å². The predicted molar refractivity (Wildman–Crippen MR) is 61.3 cm³/mol. The molecule has 16 heavy (non-hydrogen) atoms. The predicted octanol–water partition coefficient (Wildman–Crippen LogP) is 1.91. The first kappa shape index (κ1) is 10.1. The average molecular weight is 210 g/mol. The van der Waals surface area contributed by atoms with E-state index >= 15 is 0 Å². The SMILES string of the molecule is Cc1ccnc(-c2ccc(N)c(C#N)c2)n1. The first-order valence-corrected chi connectivity index (χ1v) is 4.80. The van der Waals surface area contributed by atoms with Crippen LogP contribution in [0.4, 0.5) is 5.69 Å². The number of nitriles is 1. The summed E-state index contributed by atoms with van der Waals surface area (Å²) in [6.07, 6.45) is 1.69. The fourth-order valence-electron chi connectivity index (χ4n) is 1.38. The summed E-state index contributed by atoms with van der Waals surface area (Å²) in [5.41, 5.74) is 8.25. The maximum Gasteiger partial charge on any atom is 0.159 e. The molecule has 2 aromatic rings. The summed E-state index contributed by atoms with van der Waals surface area (Å²) >= 11 is 0. The number of nitrogens with two attached hydrogens (primary N) is 1. The van der Waals surface area contributed by atoms with Crippen LogP contribution in [-0.2, 0) is 0 Å². The Labute approximate surface area is 93.4 Å². The van der Waals surface area contributed by atoms with Gasteiger partial charge in [0.2, 0.25) is 0 Å². The molecule has 0 fully saturated rings. The molecular formula is C12H10N4. The fourth-order valence-corrected chi connectivity index (χ4v) is 1.38. The van der Waals surface area contributed by atoms with Crippen LogP contribution in [0.25, 0.3) is 11.4 Å². The molecule has 1 aromatic heterocycles. The molecule has 0 aliphatic rings. The number of nitrogen functional groups attached to an aromatic ring is 1. The first-order chi connectivity index (χ1) is 7.70. The van der Waals surface area contributed by atoms with Crippen LogP contribution in [0.15, 0.2) is 30.5 Å². The lowest BCUT2D eigenvalue weighted by Gasteiger charge is -2.03. The minimum Gasteiger partial charge on any atom is -0.398 e. The van der Waals surface area contributed by atoms with Crippen molar-refractivity contribution >= 4 is 5.69 Å². The Balaban J connectivity index is 2.54. The van der Waals surface area contributed by atoms with Crippen molar-refractivity contribution in [3.05, 3.63) is 41.7 Å². The molecule has 0 amide bonds. The second kappa shape index (κ2) is 3.99. The summed E-state index contributed by atoms with van der Waals surface area (Å²) in [5, 5.41) is 8.87. The summed E-state index contributed by atoms with van der Waals surface area (Å²) in [6.45, 7) is 1.90. The Morgan fingerprint density at radius 2 is 2.12 bits per heavy atom. The molecule has 0 radical (unpaired) electrons. The molecular weight excluding hydrogens is 200 g/mol. The van der Waals surface area contributed by atoms with E-state index in [9.17, 15) is 0 Å². The third-order valence-electron chi connectivity index (χ3n) is 2.23. The van der Waals surface area contributed by atoms with Gasteiger partial charge in [-0.1, -0.05) is 0 Å². The molecule has 0 spiro atoms. The van der Waals surface area contributed by atoms with Crippen molar-refractivity contribution in [3.8, 4) is 17.5 Å². The van der Waals surface area contributed by atoms with Gasteiger partial charge < -0.3 is 5.73 Å². The topological polar surface area (TPSA) is 75.6 Å². The molecule has 0 saturated carbocycles. The minimum absolute atomic E-state index is 0.447. The number of hydrogen-bond acceptors (Lipinski definition) is 4. The van der Waals surface area contributed by atoms with E-state index in [1.54, 1.807) is 18.3 Å². The third kappa shape index (κ3) is 1.84. The van der Waals surface area contributed by atoms with Crippen molar-refractivity contribution in [2.45, 2.75) is 6.92 Å². The van der Waals surface area contributed by atoms with Crippen molar-refractivity contribution in [1.82, 2.24) is 9.97 Å². The molecule has 1 heterocycles. The quantitative estimate of drug-likeness (QED) is 0.729. The number of aromatic nitrogens is 2. The van der Waals surface area contributed by atoms with Crippen LogP contribution in [-0.4, -0.2) is 9.97 Å². The van der Waals surface area contributed by atoms with Gasteiger partial charge in [-0.25, -0.2) is 9.97 Å². The zero-order valence-electron chi connectivity index (χ0n) is 8.81. The summed E-state index contributed by atoms with van der Waals surface area (Å²) in [4.78, 5) is 8.44. The molecule has 2 N–H and O–H groups in total. The lowest BCUT2D eigenvalue weighted by atomic mass is 10.1. The Bertz CT molecular complexity index is 569. The summed E-state index contributed by atoms with van der Waals surface area (Å²) in [5.74, 6) is 0.608. The van der Waals surface area contributed by atoms with Crippen molar-refractivity contribution in [2.75, 3.05) is 5.73 Å². The Hall–Kier alpha value is -2.41. The van der Waals surface area contributed by atoms with E-state index in [0.717, 1.165) is 11.3 Å². The number of benzene rings is 1. The molecule has 0 aliphatic carbocycles. The molecule has 0 bridgehead atoms. The zero-order chi connectivity index (χ0) is 11.5. The van der Waals surface area contributed by atoms with Gasteiger partial charge in [0.1, 0.15) is 6.07 Å². The number of nitrogens with zero attached hydrogens (tertiary/aromatic N) is 3. The van der Waals surface area contributed by atoms with E-state index in [2.05, 4.69) is 9.97 Å². The van der Waals surface area contributed by atoms with Crippen LogP contribution >= 0.6 is 0 Å². The highest BCUT2D eigenvalue weighted by atomic mass is 14.9. The third-order valence-corrected chi connectivity index (χ3v) is 2.23. The zero-order valence-corrected chi connectivity index (χ0v) is 8.81. The monoisotopic (exact) mass is 210 g/mol. The lowest BCUT2D eigenvalue weighted by molar-refractivity contribution is 1.11. The lowest BCUT2D eigenvalue weighted by Crippen LogP contribution is -1.94. The number of anilines is 1. The summed E-state index contributed by atoms with van der Waals surface area (Å²) in [7, 11) is 0. The van der Waals surface area contributed by atoms with Gasteiger partial charge in [-0.2, -0.15) is 5.26 Å². The number of rotatable bonds is 1. The fraction of sp³-hybridized carbons (Fsp3) is 0.0833. The largest absolute Gasteiger partial charge is 0.398 e. The van der Waals surface area contributed by atoms with Gasteiger partial charge in [0, 0.05) is 23.1 Å². The van der Waals surface area contributed by atoms with Crippen LogP contribution < -0.4 is 5.73 Å². The molecule has 0 unspecified atom stereocenters. The second-order valence-corrected chi connectivity index (χ2v) is 3.44. The molecule has 4 nitrogen and oxygen atoms in total. The molecule has 0 atom stereocenters. The van der Waals surface area contributed by atoms with E-state index in [4.69, 9.17) is 11.0 Å². The maximum atomic E-state index is 8.87. The van der Waals surface area contributed by atoms with Crippen molar-refractivity contribution in [1.29, 1.82) is 5.26 Å². The van der Waals surface area contributed by atoms with E-state index in [1.807, 2.05) is 25.1 Å². The van der Waals surface area contributed by atoms with Gasteiger partial charge in [0.05, 0.1) is 5.56 Å². The van der Waals surface area contributed by atoms with E-state index < -0.39 is 0 Å². The van der Waals surface area contributed by atoms with E-state index in [1.165, 1.54) is 0 Å². The summed E-state index contributed by atoms with van der Waals surface area (Å²) < 4.78 is 0. The van der Waals surface area contributed by atoms with Gasteiger partial charge in [0.15, 0.2) is 5.82 Å².